The minimum atomic E-state index is -0.444. The third kappa shape index (κ3) is 4.38. The number of thiophene rings is 1. The molecular weight excluding hydrogens is 482 g/mol. The number of nitrogens with one attached hydrogen (secondary N) is 1. The van der Waals surface area contributed by atoms with Gasteiger partial charge in [0.2, 0.25) is 5.91 Å². The van der Waals surface area contributed by atoms with Crippen LogP contribution < -0.4 is 5.32 Å². The van der Waals surface area contributed by atoms with Crippen LogP contribution in [0.5, 0.6) is 0 Å². The first kappa shape index (κ1) is 23.4. The van der Waals surface area contributed by atoms with E-state index in [0.29, 0.717) is 30.9 Å². The fraction of sp³-hybridized carbons (Fsp3) is 0.481. The van der Waals surface area contributed by atoms with E-state index in [1.165, 1.54) is 4.88 Å². The molecule has 2 aromatic heterocycles. The maximum absolute atomic E-state index is 12.8. The van der Waals surface area contributed by atoms with Crippen molar-refractivity contribution in [3.8, 4) is 0 Å². The number of aliphatic hydroxyl groups excluding tert-OH is 1. The number of nitrogens with zero attached hydrogens (tertiary/aromatic N) is 2. The van der Waals surface area contributed by atoms with Gasteiger partial charge in [-0.15, -0.1) is 11.3 Å². The van der Waals surface area contributed by atoms with Gasteiger partial charge < -0.3 is 15.2 Å². The summed E-state index contributed by atoms with van der Waals surface area (Å²) in [4.78, 5) is 20.9. The number of pyridine rings is 1. The molecular formula is C27H30ClN3O3S. The number of piperidine rings is 1. The Morgan fingerprint density at radius 2 is 2.11 bits per heavy atom. The van der Waals surface area contributed by atoms with Crippen LogP contribution in [0, 0.1) is 5.92 Å². The fourth-order valence-corrected chi connectivity index (χ4v) is 6.97. The summed E-state index contributed by atoms with van der Waals surface area (Å²) in [6, 6.07) is 10.3. The van der Waals surface area contributed by atoms with Gasteiger partial charge in [-0.1, -0.05) is 17.7 Å². The highest BCUT2D eigenvalue weighted by atomic mass is 35.5. The Balaban J connectivity index is 1.15. The van der Waals surface area contributed by atoms with E-state index < -0.39 is 6.10 Å². The molecule has 6 rings (SSSR count). The number of carbonyl (C=O) groups excluding carboxylic acids is 1. The molecule has 1 saturated carbocycles. The Kier molecular flexibility index (Phi) is 6.09. The quantitative estimate of drug-likeness (QED) is 0.503. The maximum atomic E-state index is 12.8. The molecule has 2 aliphatic heterocycles. The number of amides is 1. The van der Waals surface area contributed by atoms with Gasteiger partial charge in [-0.25, -0.2) is 4.98 Å². The normalized spacial score (nSPS) is 29.5. The van der Waals surface area contributed by atoms with Gasteiger partial charge in [-0.3, -0.25) is 9.69 Å². The smallest absolute Gasteiger partial charge is 0.229 e. The van der Waals surface area contributed by atoms with E-state index in [0.717, 1.165) is 53.7 Å². The second-order valence-electron chi connectivity index (χ2n) is 10.4. The SMILES string of the molecule is C[C@]1(N2CCC(c3cc4cc(NC(=O)[C@H]5C[C@@H]5c5cccs5)ncc4cc3Cl)CC2)COC[C@H]1O. The van der Waals surface area contributed by atoms with Gasteiger partial charge in [0.1, 0.15) is 5.82 Å². The first-order chi connectivity index (χ1) is 16.9. The largest absolute Gasteiger partial charge is 0.389 e. The van der Waals surface area contributed by atoms with Gasteiger partial charge in [0.15, 0.2) is 0 Å². The number of anilines is 1. The lowest BCUT2D eigenvalue weighted by molar-refractivity contribution is -0.117. The van der Waals surface area contributed by atoms with Gasteiger partial charge in [0, 0.05) is 33.3 Å². The third-order valence-corrected chi connectivity index (χ3v) is 9.50. The van der Waals surface area contributed by atoms with Gasteiger partial charge >= 0.3 is 0 Å². The van der Waals surface area contributed by atoms with Gasteiger partial charge in [0.05, 0.1) is 24.9 Å². The van der Waals surface area contributed by atoms with Gasteiger partial charge in [-0.05, 0) is 85.8 Å². The minimum Gasteiger partial charge on any atom is -0.389 e. The predicted octanol–water partition coefficient (Wildman–Crippen LogP) is 5.02. The highest BCUT2D eigenvalue weighted by molar-refractivity contribution is 7.10. The van der Waals surface area contributed by atoms with E-state index in [1.54, 1.807) is 17.5 Å². The average molecular weight is 512 g/mol. The summed E-state index contributed by atoms with van der Waals surface area (Å²) in [5.74, 6) is 1.36. The number of likely N-dealkylation sites (tertiary alicyclic amines) is 1. The molecule has 2 N–H and O–H groups in total. The second-order valence-corrected chi connectivity index (χ2v) is 11.8. The number of halogens is 1. The molecule has 0 unspecified atom stereocenters. The molecule has 1 aromatic carbocycles. The highest BCUT2D eigenvalue weighted by Gasteiger charge is 2.45. The number of fused-ring (bicyclic) bond motifs is 1. The van der Waals surface area contributed by atoms with E-state index >= 15 is 0 Å². The van der Waals surface area contributed by atoms with E-state index in [-0.39, 0.29) is 17.4 Å². The van der Waals surface area contributed by atoms with Crippen molar-refractivity contribution in [3.63, 3.8) is 0 Å². The Morgan fingerprint density at radius 3 is 2.83 bits per heavy atom. The summed E-state index contributed by atoms with van der Waals surface area (Å²) < 4.78 is 5.54. The molecule has 1 amide bonds. The molecule has 0 bridgehead atoms. The number of carbonyl (C=O) groups is 1. The molecule has 2 saturated heterocycles. The standard InChI is InChI=1S/C27H30ClN3O3S/c1-27(15-34-14-24(27)32)31-6-4-16(5-7-31)19-9-17-11-25(29-13-18(17)10-22(19)28)30-26(33)21-12-20(21)23-3-2-8-35-23/h2-3,8-11,13,16,20-21,24,32H,4-7,12,14-15H2,1H3,(H,29,30,33)/t20-,21-,24+,27-/m0/s1. The molecule has 4 atom stereocenters. The predicted molar refractivity (Wildman–Crippen MR) is 139 cm³/mol. The van der Waals surface area contributed by atoms with E-state index in [4.69, 9.17) is 16.3 Å². The monoisotopic (exact) mass is 511 g/mol. The number of benzene rings is 1. The molecule has 0 radical (unpaired) electrons. The van der Waals surface area contributed by atoms with Gasteiger partial charge in [0.25, 0.3) is 0 Å². The zero-order chi connectivity index (χ0) is 24.2. The topological polar surface area (TPSA) is 74.7 Å². The van der Waals surface area contributed by atoms with Crippen molar-refractivity contribution in [2.75, 3.05) is 31.6 Å². The number of rotatable bonds is 5. The summed E-state index contributed by atoms with van der Waals surface area (Å²) in [6.45, 7) is 4.89. The molecule has 3 aliphatic rings. The first-order valence-electron chi connectivity index (χ1n) is 12.4. The van der Waals surface area contributed by atoms with Crippen molar-refractivity contribution in [2.45, 2.75) is 49.7 Å². The lowest BCUT2D eigenvalue weighted by atomic mass is 9.85. The van der Waals surface area contributed by atoms with Crippen LogP contribution in [0.15, 0.2) is 41.9 Å². The van der Waals surface area contributed by atoms with E-state index in [2.05, 4.69) is 39.6 Å². The molecule has 184 valence electrons. The number of ether oxygens (including phenoxy) is 1. The van der Waals surface area contributed by atoms with Crippen molar-refractivity contribution in [2.24, 2.45) is 5.92 Å². The van der Waals surface area contributed by atoms with Crippen LogP contribution in [0.4, 0.5) is 5.82 Å². The minimum absolute atomic E-state index is 0.0303. The number of aliphatic hydroxyl groups is 1. The summed E-state index contributed by atoms with van der Waals surface area (Å²) >= 11 is 8.44. The molecule has 0 spiro atoms. The second kappa shape index (κ2) is 9.12. The molecule has 1 aliphatic carbocycles. The van der Waals surface area contributed by atoms with Crippen molar-refractivity contribution in [1.29, 1.82) is 0 Å². The summed E-state index contributed by atoms with van der Waals surface area (Å²) in [5, 5.41) is 18.3. The van der Waals surface area contributed by atoms with Crippen LogP contribution in [0.2, 0.25) is 5.02 Å². The summed E-state index contributed by atoms with van der Waals surface area (Å²) in [7, 11) is 0. The Hall–Kier alpha value is -2.03. The van der Waals surface area contributed by atoms with Crippen LogP contribution in [0.25, 0.3) is 10.8 Å². The first-order valence-corrected chi connectivity index (χ1v) is 13.6. The summed E-state index contributed by atoms with van der Waals surface area (Å²) in [6.07, 6.45) is 4.21. The Morgan fingerprint density at radius 1 is 1.29 bits per heavy atom. The number of hydrogen-bond donors (Lipinski definition) is 2. The molecule has 35 heavy (non-hydrogen) atoms. The Bertz CT molecular complexity index is 1240. The van der Waals surface area contributed by atoms with Crippen LogP contribution in [0.1, 0.15) is 48.5 Å². The average Bonchev–Trinajstić information content (AvgIpc) is 3.32. The van der Waals surface area contributed by atoms with Crippen molar-refractivity contribution >= 4 is 45.4 Å². The van der Waals surface area contributed by atoms with Crippen LogP contribution in [-0.2, 0) is 9.53 Å². The maximum Gasteiger partial charge on any atom is 0.229 e. The lowest BCUT2D eigenvalue weighted by Crippen LogP contribution is -2.56. The highest BCUT2D eigenvalue weighted by Crippen LogP contribution is 2.49. The van der Waals surface area contributed by atoms with Crippen molar-refractivity contribution in [1.82, 2.24) is 9.88 Å². The van der Waals surface area contributed by atoms with Crippen LogP contribution >= 0.6 is 22.9 Å². The molecule has 3 aromatic rings. The molecule has 3 fully saturated rings. The van der Waals surface area contributed by atoms with Crippen molar-refractivity contribution in [3.05, 3.63) is 57.4 Å². The van der Waals surface area contributed by atoms with Crippen LogP contribution in [-0.4, -0.2) is 58.8 Å². The van der Waals surface area contributed by atoms with Crippen molar-refractivity contribution < 1.29 is 14.6 Å². The lowest BCUT2D eigenvalue weighted by Gasteiger charge is -2.43. The Labute approximate surface area is 214 Å². The third-order valence-electron chi connectivity index (χ3n) is 8.17. The van der Waals surface area contributed by atoms with E-state index in [1.807, 2.05) is 18.2 Å². The number of hydrogen-bond acceptors (Lipinski definition) is 6. The molecule has 6 nitrogen and oxygen atoms in total. The molecule has 4 heterocycles. The zero-order valence-corrected chi connectivity index (χ0v) is 21.3. The van der Waals surface area contributed by atoms with E-state index in [9.17, 15) is 9.90 Å². The summed E-state index contributed by atoms with van der Waals surface area (Å²) in [5.41, 5.74) is 0.844. The number of aromatic nitrogens is 1. The fourth-order valence-electron chi connectivity index (χ4n) is 5.74. The molecule has 8 heteroatoms. The van der Waals surface area contributed by atoms with Gasteiger partial charge in [-0.2, -0.15) is 0 Å². The van der Waals surface area contributed by atoms with Crippen LogP contribution in [0.3, 0.4) is 0 Å². The zero-order valence-electron chi connectivity index (χ0n) is 19.7.